The van der Waals surface area contributed by atoms with E-state index in [0.717, 1.165) is 35.5 Å². The highest BCUT2D eigenvalue weighted by Gasteiger charge is 2.20. The summed E-state index contributed by atoms with van der Waals surface area (Å²) < 4.78 is 6.49. The minimum atomic E-state index is 0.196. The molecule has 2 nitrogen and oxygen atoms in total. The van der Waals surface area contributed by atoms with Crippen molar-refractivity contribution in [3.63, 3.8) is 0 Å². The van der Waals surface area contributed by atoms with Crippen LogP contribution in [-0.4, -0.2) is 13.2 Å². The lowest BCUT2D eigenvalue weighted by atomic mass is 9.95. The van der Waals surface area contributed by atoms with Crippen molar-refractivity contribution in [2.75, 3.05) is 13.2 Å². The summed E-state index contributed by atoms with van der Waals surface area (Å²) in [6.45, 7) is 3.85. The molecule has 1 aliphatic rings. The number of benzene rings is 1. The van der Waals surface area contributed by atoms with Gasteiger partial charge in [-0.1, -0.05) is 40.5 Å². The highest BCUT2D eigenvalue weighted by molar-refractivity contribution is 9.10. The van der Waals surface area contributed by atoms with Crippen molar-refractivity contribution in [3.05, 3.63) is 45.1 Å². The molecular formula is C14H17BrClNO. The van der Waals surface area contributed by atoms with Gasteiger partial charge in [0.15, 0.2) is 0 Å². The average Bonchev–Trinajstić information content (AvgIpc) is 2.38. The van der Waals surface area contributed by atoms with Crippen molar-refractivity contribution in [1.82, 2.24) is 5.32 Å². The van der Waals surface area contributed by atoms with E-state index >= 15 is 0 Å². The molecule has 0 amide bonds. The first-order valence-electron chi connectivity index (χ1n) is 6.21. The Morgan fingerprint density at radius 3 is 2.94 bits per heavy atom. The van der Waals surface area contributed by atoms with Crippen LogP contribution in [-0.2, 0) is 4.74 Å². The van der Waals surface area contributed by atoms with E-state index in [4.69, 9.17) is 16.3 Å². The van der Waals surface area contributed by atoms with Crippen molar-refractivity contribution in [3.8, 4) is 0 Å². The van der Waals surface area contributed by atoms with Crippen LogP contribution >= 0.6 is 27.5 Å². The molecule has 1 unspecified atom stereocenters. The van der Waals surface area contributed by atoms with Crippen molar-refractivity contribution in [2.45, 2.75) is 25.8 Å². The summed E-state index contributed by atoms with van der Waals surface area (Å²) in [5.74, 6) is 0. The lowest BCUT2D eigenvalue weighted by Crippen LogP contribution is -2.24. The maximum absolute atomic E-state index is 5.99. The summed E-state index contributed by atoms with van der Waals surface area (Å²) in [6, 6.07) is 6.12. The van der Waals surface area contributed by atoms with Gasteiger partial charge in [0.1, 0.15) is 0 Å². The Balaban J connectivity index is 2.31. The second-order valence-electron chi connectivity index (χ2n) is 4.32. The molecule has 0 radical (unpaired) electrons. The topological polar surface area (TPSA) is 21.3 Å². The number of ether oxygens (including phenoxy) is 1. The quantitative estimate of drug-likeness (QED) is 0.881. The van der Waals surface area contributed by atoms with Gasteiger partial charge in [-0.05, 0) is 42.7 Å². The summed E-state index contributed by atoms with van der Waals surface area (Å²) >= 11 is 9.59. The molecule has 1 atom stereocenters. The van der Waals surface area contributed by atoms with Gasteiger partial charge in [0.05, 0.1) is 18.9 Å². The van der Waals surface area contributed by atoms with Gasteiger partial charge in [-0.15, -0.1) is 0 Å². The van der Waals surface area contributed by atoms with Gasteiger partial charge in [-0.2, -0.15) is 0 Å². The molecule has 18 heavy (non-hydrogen) atoms. The molecule has 0 aromatic heterocycles. The molecular weight excluding hydrogens is 314 g/mol. The molecule has 1 aliphatic heterocycles. The molecule has 1 aromatic carbocycles. The Hall–Kier alpha value is -0.510. The van der Waals surface area contributed by atoms with Crippen molar-refractivity contribution in [2.24, 2.45) is 0 Å². The number of nitrogens with one attached hydrogen (secondary N) is 1. The first-order chi connectivity index (χ1) is 8.72. The summed E-state index contributed by atoms with van der Waals surface area (Å²) in [7, 11) is 0. The van der Waals surface area contributed by atoms with Crippen molar-refractivity contribution in [1.29, 1.82) is 0 Å². The average molecular weight is 331 g/mol. The zero-order valence-corrected chi connectivity index (χ0v) is 12.7. The Labute approximate surface area is 121 Å². The molecule has 1 aromatic rings. The molecule has 0 spiro atoms. The van der Waals surface area contributed by atoms with Crippen LogP contribution in [0.3, 0.4) is 0 Å². The first-order valence-corrected chi connectivity index (χ1v) is 7.38. The summed E-state index contributed by atoms with van der Waals surface area (Å²) in [5, 5.41) is 4.25. The molecule has 0 saturated carbocycles. The van der Waals surface area contributed by atoms with E-state index in [-0.39, 0.29) is 6.04 Å². The maximum atomic E-state index is 5.99. The van der Waals surface area contributed by atoms with Gasteiger partial charge < -0.3 is 10.1 Å². The zero-order chi connectivity index (χ0) is 13.0. The molecule has 98 valence electrons. The lowest BCUT2D eigenvalue weighted by Gasteiger charge is -2.25. The third kappa shape index (κ3) is 3.28. The van der Waals surface area contributed by atoms with Crippen molar-refractivity contribution >= 4 is 27.5 Å². The molecule has 1 heterocycles. The minimum absolute atomic E-state index is 0.196. The first kappa shape index (κ1) is 13.9. The number of hydrogen-bond acceptors (Lipinski definition) is 2. The third-order valence-corrected chi connectivity index (χ3v) is 3.94. The second kappa shape index (κ2) is 6.60. The summed E-state index contributed by atoms with van der Waals surface area (Å²) in [4.78, 5) is 0. The highest BCUT2D eigenvalue weighted by Crippen LogP contribution is 2.33. The fourth-order valence-electron chi connectivity index (χ4n) is 2.18. The van der Waals surface area contributed by atoms with E-state index in [9.17, 15) is 0 Å². The standard InChI is InChI=1S/C14H17BrClNO/c1-2-17-14(10-4-3-7-18-9-10)12-6-5-11(16)8-13(12)15/h5-6,8-9,14,17H,2-4,7H2,1H3. The Morgan fingerprint density at radius 1 is 1.50 bits per heavy atom. The molecule has 0 aliphatic carbocycles. The normalized spacial score (nSPS) is 16.9. The molecule has 1 N–H and O–H groups in total. The summed E-state index contributed by atoms with van der Waals surface area (Å²) in [5.41, 5.74) is 2.50. The minimum Gasteiger partial charge on any atom is -0.501 e. The number of rotatable bonds is 4. The van der Waals surface area contributed by atoms with Crippen molar-refractivity contribution < 1.29 is 4.74 Å². The Morgan fingerprint density at radius 2 is 2.33 bits per heavy atom. The van der Waals surface area contributed by atoms with Gasteiger partial charge in [-0.25, -0.2) is 0 Å². The second-order valence-corrected chi connectivity index (χ2v) is 5.61. The van der Waals surface area contributed by atoms with Crippen LogP contribution in [0.2, 0.25) is 5.02 Å². The SMILES string of the molecule is CCNC(C1=COCCC1)c1ccc(Cl)cc1Br. The predicted octanol–water partition coefficient (Wildman–Crippen LogP) is 4.45. The van der Waals surface area contributed by atoms with Crippen LogP contribution in [0.1, 0.15) is 31.4 Å². The smallest absolute Gasteiger partial charge is 0.0876 e. The van der Waals surface area contributed by atoms with Crippen LogP contribution in [0.15, 0.2) is 34.5 Å². The maximum Gasteiger partial charge on any atom is 0.0876 e. The van der Waals surface area contributed by atoms with Gasteiger partial charge >= 0.3 is 0 Å². The van der Waals surface area contributed by atoms with Gasteiger partial charge in [0.2, 0.25) is 0 Å². The predicted molar refractivity (Wildman–Crippen MR) is 78.8 cm³/mol. The lowest BCUT2D eigenvalue weighted by molar-refractivity contribution is 0.219. The van der Waals surface area contributed by atoms with E-state index in [1.165, 1.54) is 11.1 Å². The van der Waals surface area contributed by atoms with E-state index in [2.05, 4.69) is 34.2 Å². The van der Waals surface area contributed by atoms with E-state index in [1.807, 2.05) is 18.4 Å². The molecule has 0 fully saturated rings. The largest absolute Gasteiger partial charge is 0.501 e. The van der Waals surface area contributed by atoms with Gasteiger partial charge in [-0.3, -0.25) is 0 Å². The van der Waals surface area contributed by atoms with E-state index in [0.29, 0.717) is 0 Å². The van der Waals surface area contributed by atoms with E-state index in [1.54, 1.807) is 0 Å². The number of hydrogen-bond donors (Lipinski definition) is 1. The van der Waals surface area contributed by atoms with Gasteiger partial charge in [0.25, 0.3) is 0 Å². The van der Waals surface area contributed by atoms with Crippen LogP contribution in [0.25, 0.3) is 0 Å². The van der Waals surface area contributed by atoms with Crippen LogP contribution < -0.4 is 5.32 Å². The monoisotopic (exact) mass is 329 g/mol. The molecule has 4 heteroatoms. The molecule has 0 bridgehead atoms. The number of halogens is 2. The summed E-state index contributed by atoms with van der Waals surface area (Å²) in [6.07, 6.45) is 4.06. The Bertz CT molecular complexity index is 447. The molecule has 0 saturated heterocycles. The molecule has 2 rings (SSSR count). The fraction of sp³-hybridized carbons (Fsp3) is 0.429. The van der Waals surface area contributed by atoms with Crippen LogP contribution in [0.5, 0.6) is 0 Å². The highest BCUT2D eigenvalue weighted by atomic mass is 79.9. The Kier molecular flexibility index (Phi) is 5.10. The zero-order valence-electron chi connectivity index (χ0n) is 10.4. The van der Waals surface area contributed by atoms with Gasteiger partial charge in [0, 0.05) is 9.50 Å². The van der Waals surface area contributed by atoms with Crippen LogP contribution in [0, 0.1) is 0 Å². The van der Waals surface area contributed by atoms with E-state index < -0.39 is 0 Å². The van der Waals surface area contributed by atoms with Crippen LogP contribution in [0.4, 0.5) is 0 Å². The fourth-order valence-corrected chi connectivity index (χ4v) is 3.09. The number of likely N-dealkylation sites (N-methyl/N-ethyl adjacent to an activating group) is 1. The third-order valence-electron chi connectivity index (χ3n) is 3.01.